The first kappa shape index (κ1) is 20.2. The quantitative estimate of drug-likeness (QED) is 0.684. The molecule has 2 aliphatic rings. The Morgan fingerprint density at radius 2 is 1.97 bits per heavy atom. The van der Waals surface area contributed by atoms with E-state index in [2.05, 4.69) is 29.3 Å². The summed E-state index contributed by atoms with van der Waals surface area (Å²) in [5.74, 6) is 1.56. The van der Waals surface area contributed by atoms with Gasteiger partial charge in [-0.1, -0.05) is 0 Å². The molecule has 4 rings (SSSR count). The Kier molecular flexibility index (Phi) is 6.72. The number of fused-ring (bicyclic) bond motifs is 2. The van der Waals surface area contributed by atoms with Gasteiger partial charge >= 0.3 is 0 Å². The molecule has 0 unspecified atom stereocenters. The lowest BCUT2D eigenvalue weighted by atomic mass is 9.92. The molecule has 1 N–H and O–H groups in total. The summed E-state index contributed by atoms with van der Waals surface area (Å²) in [7, 11) is 1.71. The third kappa shape index (κ3) is 4.59. The first-order valence-electron chi connectivity index (χ1n) is 11.0. The largest absolute Gasteiger partial charge is 0.493 e. The van der Waals surface area contributed by atoms with Crippen molar-refractivity contribution in [1.29, 1.82) is 0 Å². The third-order valence-corrected chi connectivity index (χ3v) is 5.88. The Labute approximate surface area is 173 Å². The maximum Gasteiger partial charge on any atom is 0.163 e. The van der Waals surface area contributed by atoms with E-state index in [-0.39, 0.29) is 0 Å². The molecule has 29 heavy (non-hydrogen) atoms. The number of hydrogen-bond acceptors (Lipinski definition) is 6. The number of methoxy groups -OCH3 is 1. The Bertz CT molecular complexity index is 834. The lowest BCUT2D eigenvalue weighted by Gasteiger charge is -2.26. The topological polar surface area (TPSA) is 55.9 Å². The zero-order valence-corrected chi connectivity index (χ0v) is 17.8. The standard InChI is InChI=1S/C23H33N3O3/c1-3-24-23-17-7-4-5-8-19(17)25-20-16-22(21(27-2)15-18(20)23)29-12-6-9-26-10-13-28-14-11-26/h15-16H,3-14H2,1-2H3,(H,24,25). The first-order chi connectivity index (χ1) is 14.3. The number of benzene rings is 1. The van der Waals surface area contributed by atoms with E-state index in [0.29, 0.717) is 6.61 Å². The highest BCUT2D eigenvalue weighted by atomic mass is 16.5. The Morgan fingerprint density at radius 1 is 1.14 bits per heavy atom. The summed E-state index contributed by atoms with van der Waals surface area (Å²) < 4.78 is 17.2. The molecule has 2 heterocycles. The summed E-state index contributed by atoms with van der Waals surface area (Å²) >= 11 is 0. The molecule has 0 spiro atoms. The predicted octanol–water partition coefficient (Wildman–Crippen LogP) is 3.66. The second kappa shape index (κ2) is 9.63. The highest BCUT2D eigenvalue weighted by molar-refractivity contribution is 5.95. The van der Waals surface area contributed by atoms with E-state index in [0.717, 1.165) is 81.1 Å². The monoisotopic (exact) mass is 399 g/mol. The Morgan fingerprint density at radius 3 is 2.76 bits per heavy atom. The van der Waals surface area contributed by atoms with Gasteiger partial charge in [0.05, 0.1) is 32.4 Å². The van der Waals surface area contributed by atoms with Gasteiger partial charge in [0, 0.05) is 49.0 Å². The van der Waals surface area contributed by atoms with Crippen molar-refractivity contribution in [2.45, 2.75) is 39.0 Å². The minimum atomic E-state index is 0.671. The lowest BCUT2D eigenvalue weighted by molar-refractivity contribution is 0.0357. The fourth-order valence-corrected chi connectivity index (χ4v) is 4.38. The number of morpholine rings is 1. The normalized spacial score (nSPS) is 17.2. The highest BCUT2D eigenvalue weighted by Gasteiger charge is 2.20. The smallest absolute Gasteiger partial charge is 0.163 e. The van der Waals surface area contributed by atoms with Crippen LogP contribution in [0.15, 0.2) is 12.1 Å². The summed E-state index contributed by atoms with van der Waals surface area (Å²) in [5, 5.41) is 4.72. The van der Waals surface area contributed by atoms with Crippen LogP contribution in [0.4, 0.5) is 5.69 Å². The minimum absolute atomic E-state index is 0.671. The molecule has 1 saturated heterocycles. The summed E-state index contributed by atoms with van der Waals surface area (Å²) in [6.07, 6.45) is 5.60. The summed E-state index contributed by atoms with van der Waals surface area (Å²) in [6, 6.07) is 4.14. The SMILES string of the molecule is CCNc1c2c(nc3cc(OCCCN4CCOCC4)c(OC)cc13)CCCC2. The van der Waals surface area contributed by atoms with Crippen molar-refractivity contribution in [3.63, 3.8) is 0 Å². The molecule has 158 valence electrons. The molecular formula is C23H33N3O3. The maximum absolute atomic E-state index is 6.13. The lowest BCUT2D eigenvalue weighted by Crippen LogP contribution is -2.37. The van der Waals surface area contributed by atoms with Crippen molar-refractivity contribution >= 4 is 16.6 Å². The highest BCUT2D eigenvalue weighted by Crippen LogP contribution is 2.39. The molecule has 0 saturated carbocycles. The summed E-state index contributed by atoms with van der Waals surface area (Å²) in [4.78, 5) is 7.43. The van der Waals surface area contributed by atoms with Crippen molar-refractivity contribution < 1.29 is 14.2 Å². The fourth-order valence-electron chi connectivity index (χ4n) is 4.38. The van der Waals surface area contributed by atoms with Crippen LogP contribution in [-0.4, -0.2) is 63.0 Å². The number of nitrogens with zero attached hydrogens (tertiary/aromatic N) is 2. The predicted molar refractivity (Wildman–Crippen MR) is 116 cm³/mol. The van der Waals surface area contributed by atoms with Crippen molar-refractivity contribution in [3.8, 4) is 11.5 Å². The number of hydrogen-bond donors (Lipinski definition) is 1. The number of aryl methyl sites for hydroxylation is 1. The average Bonchev–Trinajstić information content (AvgIpc) is 2.77. The Hall–Kier alpha value is -2.05. The second-order valence-corrected chi connectivity index (χ2v) is 7.83. The van der Waals surface area contributed by atoms with Gasteiger partial charge in [0.2, 0.25) is 0 Å². The molecule has 1 aliphatic heterocycles. The number of pyridine rings is 1. The van der Waals surface area contributed by atoms with Crippen LogP contribution in [0.5, 0.6) is 11.5 Å². The number of aromatic nitrogens is 1. The molecule has 1 aromatic heterocycles. The number of ether oxygens (including phenoxy) is 3. The van der Waals surface area contributed by atoms with E-state index in [1.807, 2.05) is 0 Å². The van der Waals surface area contributed by atoms with Gasteiger partial charge in [-0.3, -0.25) is 9.88 Å². The molecule has 1 aromatic carbocycles. The van der Waals surface area contributed by atoms with Crippen LogP contribution in [0, 0.1) is 0 Å². The molecule has 6 nitrogen and oxygen atoms in total. The second-order valence-electron chi connectivity index (χ2n) is 7.83. The van der Waals surface area contributed by atoms with Crippen LogP contribution in [0.2, 0.25) is 0 Å². The Balaban J connectivity index is 1.54. The van der Waals surface area contributed by atoms with Crippen LogP contribution in [-0.2, 0) is 17.6 Å². The summed E-state index contributed by atoms with van der Waals surface area (Å²) in [5.41, 5.74) is 4.84. The molecule has 2 aromatic rings. The molecule has 0 amide bonds. The average molecular weight is 400 g/mol. The number of nitrogens with one attached hydrogen (secondary N) is 1. The number of anilines is 1. The van der Waals surface area contributed by atoms with Crippen LogP contribution in [0.3, 0.4) is 0 Å². The van der Waals surface area contributed by atoms with Gasteiger partial charge in [-0.05, 0) is 50.7 Å². The van der Waals surface area contributed by atoms with Crippen LogP contribution in [0.25, 0.3) is 10.9 Å². The van der Waals surface area contributed by atoms with Crippen molar-refractivity contribution in [2.24, 2.45) is 0 Å². The van der Waals surface area contributed by atoms with Crippen LogP contribution >= 0.6 is 0 Å². The van der Waals surface area contributed by atoms with Gasteiger partial charge < -0.3 is 19.5 Å². The van der Waals surface area contributed by atoms with Gasteiger partial charge in [-0.2, -0.15) is 0 Å². The molecule has 0 atom stereocenters. The zero-order valence-electron chi connectivity index (χ0n) is 17.8. The van der Waals surface area contributed by atoms with Crippen LogP contribution < -0.4 is 14.8 Å². The van der Waals surface area contributed by atoms with Crippen molar-refractivity contribution in [2.75, 3.05) is 58.4 Å². The minimum Gasteiger partial charge on any atom is -0.493 e. The van der Waals surface area contributed by atoms with E-state index in [1.165, 1.54) is 29.8 Å². The van der Waals surface area contributed by atoms with Crippen molar-refractivity contribution in [1.82, 2.24) is 9.88 Å². The van der Waals surface area contributed by atoms with Gasteiger partial charge in [0.25, 0.3) is 0 Å². The first-order valence-corrected chi connectivity index (χ1v) is 11.0. The van der Waals surface area contributed by atoms with Gasteiger partial charge in [-0.15, -0.1) is 0 Å². The van der Waals surface area contributed by atoms with E-state index in [4.69, 9.17) is 19.2 Å². The van der Waals surface area contributed by atoms with E-state index < -0.39 is 0 Å². The van der Waals surface area contributed by atoms with E-state index in [1.54, 1.807) is 7.11 Å². The third-order valence-electron chi connectivity index (χ3n) is 5.88. The van der Waals surface area contributed by atoms with Gasteiger partial charge in [-0.25, -0.2) is 0 Å². The van der Waals surface area contributed by atoms with Gasteiger partial charge in [0.15, 0.2) is 11.5 Å². The van der Waals surface area contributed by atoms with Crippen LogP contribution in [0.1, 0.15) is 37.4 Å². The number of rotatable bonds is 8. The van der Waals surface area contributed by atoms with Crippen molar-refractivity contribution in [3.05, 3.63) is 23.4 Å². The van der Waals surface area contributed by atoms with Gasteiger partial charge in [0.1, 0.15) is 0 Å². The maximum atomic E-state index is 6.13. The van der Waals surface area contributed by atoms with E-state index >= 15 is 0 Å². The molecule has 0 radical (unpaired) electrons. The fraction of sp³-hybridized carbons (Fsp3) is 0.609. The molecule has 6 heteroatoms. The summed E-state index contributed by atoms with van der Waals surface area (Å²) in [6.45, 7) is 8.45. The molecule has 1 aliphatic carbocycles. The molecule has 0 bridgehead atoms. The molecular weight excluding hydrogens is 366 g/mol. The molecule has 1 fully saturated rings. The zero-order chi connectivity index (χ0) is 20.1. The van der Waals surface area contributed by atoms with E-state index in [9.17, 15) is 0 Å².